The van der Waals surface area contributed by atoms with Crippen LogP contribution in [0.25, 0.3) is 16.3 Å². The van der Waals surface area contributed by atoms with Crippen molar-refractivity contribution in [2.45, 2.75) is 49.2 Å². The molecular formula is C20H23F2N7O4S2. The Labute approximate surface area is 203 Å². The molecule has 1 saturated carbocycles. The van der Waals surface area contributed by atoms with E-state index in [1.165, 1.54) is 22.9 Å². The SMILES string of the molecule is CC1(NS(=O)(=O)c2cc(N3CCO[C@](C)(C(N)=O)C3)c3ncc(-c4nnc(C(F)F)s4)n3c2)CC1. The largest absolute Gasteiger partial charge is 0.367 e. The number of morpholine rings is 1. The summed E-state index contributed by atoms with van der Waals surface area (Å²) in [5.74, 6) is -0.650. The van der Waals surface area contributed by atoms with Crippen molar-refractivity contribution in [1.29, 1.82) is 0 Å². The van der Waals surface area contributed by atoms with Gasteiger partial charge in [-0.2, -0.15) is 0 Å². The molecule has 3 aromatic heterocycles. The monoisotopic (exact) mass is 527 g/mol. The van der Waals surface area contributed by atoms with Gasteiger partial charge >= 0.3 is 0 Å². The summed E-state index contributed by atoms with van der Waals surface area (Å²) in [5.41, 5.74) is 4.84. The Kier molecular flexibility index (Phi) is 5.58. The number of aromatic nitrogens is 4. The van der Waals surface area contributed by atoms with E-state index in [1.807, 2.05) is 6.92 Å². The third-order valence-corrected chi connectivity index (χ3v) is 8.79. The molecule has 4 heterocycles. The van der Waals surface area contributed by atoms with Gasteiger partial charge in [-0.25, -0.2) is 26.9 Å². The van der Waals surface area contributed by atoms with E-state index in [0.29, 0.717) is 34.9 Å². The lowest BCUT2D eigenvalue weighted by Gasteiger charge is -2.39. The molecule has 15 heteroatoms. The van der Waals surface area contributed by atoms with Crippen molar-refractivity contribution in [1.82, 2.24) is 24.3 Å². The molecule has 1 saturated heterocycles. The van der Waals surface area contributed by atoms with Gasteiger partial charge in [-0.05, 0) is 32.8 Å². The molecule has 1 aliphatic carbocycles. The number of fused-ring (bicyclic) bond motifs is 1. The van der Waals surface area contributed by atoms with Crippen LogP contribution in [0.3, 0.4) is 0 Å². The van der Waals surface area contributed by atoms with Crippen LogP contribution in [0.2, 0.25) is 0 Å². The predicted octanol–water partition coefficient (Wildman–Crippen LogP) is 1.70. The van der Waals surface area contributed by atoms with Crippen molar-refractivity contribution in [3.05, 3.63) is 23.5 Å². The third-order valence-electron chi connectivity index (χ3n) is 6.24. The molecule has 1 amide bonds. The highest BCUT2D eigenvalue weighted by Gasteiger charge is 2.42. The molecule has 2 fully saturated rings. The van der Waals surface area contributed by atoms with E-state index in [2.05, 4.69) is 19.9 Å². The van der Waals surface area contributed by atoms with E-state index < -0.39 is 38.5 Å². The number of hydrogen-bond acceptors (Lipinski definition) is 9. The quantitative estimate of drug-likeness (QED) is 0.472. The Balaban J connectivity index is 1.66. The topological polar surface area (TPSA) is 145 Å². The van der Waals surface area contributed by atoms with Crippen molar-refractivity contribution >= 4 is 38.6 Å². The first-order valence-corrected chi connectivity index (χ1v) is 13.1. The Morgan fingerprint density at radius 3 is 2.69 bits per heavy atom. The number of rotatable bonds is 7. The van der Waals surface area contributed by atoms with Gasteiger partial charge in [-0.15, -0.1) is 10.2 Å². The molecule has 0 bridgehead atoms. The van der Waals surface area contributed by atoms with E-state index in [0.717, 1.165) is 12.8 Å². The summed E-state index contributed by atoms with van der Waals surface area (Å²) in [6.45, 7) is 3.99. The molecular weight excluding hydrogens is 504 g/mol. The molecule has 3 aromatic rings. The molecule has 0 radical (unpaired) electrons. The second kappa shape index (κ2) is 8.15. The first kappa shape index (κ1) is 24.0. The number of halogens is 2. The predicted molar refractivity (Wildman–Crippen MR) is 123 cm³/mol. The fourth-order valence-electron chi connectivity index (χ4n) is 3.91. The van der Waals surface area contributed by atoms with E-state index >= 15 is 0 Å². The Morgan fingerprint density at radius 2 is 2.06 bits per heavy atom. The minimum atomic E-state index is -3.94. The van der Waals surface area contributed by atoms with Gasteiger partial charge in [-0.3, -0.25) is 9.20 Å². The van der Waals surface area contributed by atoms with Gasteiger partial charge in [0.1, 0.15) is 10.6 Å². The molecule has 0 aromatic carbocycles. The van der Waals surface area contributed by atoms with Crippen molar-refractivity contribution in [3.63, 3.8) is 0 Å². The lowest BCUT2D eigenvalue weighted by atomic mass is 10.0. The summed E-state index contributed by atoms with van der Waals surface area (Å²) in [7, 11) is -3.94. The molecule has 3 N–H and O–H groups in total. The standard InChI is InChI=1S/C20H23F2N7O4S2/c1-19(3-4-19)27-35(31,32)11-7-12(28-5-6-33-20(2,10-28)18(23)30)15-24-8-13(29(15)9-11)16-25-26-17(34-16)14(21)22/h7-9,14,27H,3-6,10H2,1-2H3,(H2,23,30)/t20-/m0/s1. The average Bonchev–Trinajstić information content (AvgIpc) is 3.18. The summed E-state index contributed by atoms with van der Waals surface area (Å²) in [6, 6.07) is 1.48. The fourth-order valence-corrected chi connectivity index (χ4v) is 6.09. The lowest BCUT2D eigenvalue weighted by Crippen LogP contribution is -2.57. The van der Waals surface area contributed by atoms with Crippen LogP contribution in [0.5, 0.6) is 0 Å². The van der Waals surface area contributed by atoms with Crippen LogP contribution in [0.15, 0.2) is 23.4 Å². The smallest absolute Gasteiger partial charge is 0.291 e. The van der Waals surface area contributed by atoms with Crippen molar-refractivity contribution in [2.24, 2.45) is 5.73 Å². The van der Waals surface area contributed by atoms with Crippen molar-refractivity contribution < 1.29 is 26.7 Å². The zero-order valence-corrected chi connectivity index (χ0v) is 20.5. The Bertz CT molecular complexity index is 1420. The average molecular weight is 528 g/mol. The van der Waals surface area contributed by atoms with Gasteiger partial charge in [-0.1, -0.05) is 11.3 Å². The summed E-state index contributed by atoms with van der Waals surface area (Å²) in [4.78, 5) is 18.2. The number of nitrogens with one attached hydrogen (secondary N) is 1. The summed E-state index contributed by atoms with van der Waals surface area (Å²) < 4.78 is 62.6. The van der Waals surface area contributed by atoms with E-state index in [9.17, 15) is 22.0 Å². The fraction of sp³-hybridized carbons (Fsp3) is 0.500. The molecule has 2 aliphatic rings. The first-order valence-electron chi connectivity index (χ1n) is 10.8. The lowest BCUT2D eigenvalue weighted by molar-refractivity contribution is -0.142. The maximum Gasteiger partial charge on any atom is 0.291 e. The van der Waals surface area contributed by atoms with E-state index in [-0.39, 0.29) is 23.1 Å². The van der Waals surface area contributed by atoms with Crippen LogP contribution in [-0.4, -0.2) is 64.7 Å². The van der Waals surface area contributed by atoms with Crippen LogP contribution < -0.4 is 15.4 Å². The van der Waals surface area contributed by atoms with Crippen LogP contribution >= 0.6 is 11.3 Å². The number of carbonyl (C=O) groups is 1. The zero-order chi connectivity index (χ0) is 25.2. The number of sulfonamides is 1. The number of pyridine rings is 1. The van der Waals surface area contributed by atoms with Crippen LogP contribution in [0.1, 0.15) is 38.1 Å². The van der Waals surface area contributed by atoms with E-state index in [4.69, 9.17) is 10.5 Å². The molecule has 11 nitrogen and oxygen atoms in total. The highest BCUT2D eigenvalue weighted by atomic mass is 32.2. The van der Waals surface area contributed by atoms with Crippen LogP contribution in [-0.2, 0) is 19.6 Å². The molecule has 1 atom stereocenters. The number of alkyl halides is 2. The number of nitrogens with two attached hydrogens (primary N) is 1. The number of primary amides is 1. The third kappa shape index (κ3) is 4.37. The van der Waals surface area contributed by atoms with Crippen LogP contribution in [0, 0.1) is 0 Å². The molecule has 0 spiro atoms. The highest BCUT2D eigenvalue weighted by Crippen LogP contribution is 2.38. The maximum absolute atomic E-state index is 13.3. The number of hydrogen-bond donors (Lipinski definition) is 2. The van der Waals surface area contributed by atoms with Gasteiger partial charge in [0.15, 0.2) is 21.3 Å². The Hall–Kier alpha value is -2.75. The minimum Gasteiger partial charge on any atom is -0.367 e. The molecule has 1 aliphatic heterocycles. The number of carbonyl (C=O) groups excluding carboxylic acids is 1. The molecule has 35 heavy (non-hydrogen) atoms. The summed E-state index contributed by atoms with van der Waals surface area (Å²) in [6.07, 6.45) is 1.47. The van der Waals surface area contributed by atoms with Gasteiger partial charge < -0.3 is 15.4 Å². The Morgan fingerprint density at radius 1 is 1.31 bits per heavy atom. The maximum atomic E-state index is 13.3. The molecule has 188 valence electrons. The molecule has 0 unspecified atom stereocenters. The summed E-state index contributed by atoms with van der Waals surface area (Å²) >= 11 is 0.699. The molecule has 5 rings (SSSR count). The highest BCUT2D eigenvalue weighted by molar-refractivity contribution is 7.89. The second-order valence-corrected chi connectivity index (χ2v) is 11.9. The van der Waals surface area contributed by atoms with Crippen molar-refractivity contribution in [3.8, 4) is 10.7 Å². The second-order valence-electron chi connectivity index (χ2n) is 9.18. The number of ether oxygens (including phenoxy) is 1. The van der Waals surface area contributed by atoms with E-state index in [1.54, 1.807) is 11.8 Å². The van der Waals surface area contributed by atoms with Gasteiger partial charge in [0, 0.05) is 18.3 Å². The van der Waals surface area contributed by atoms with Crippen LogP contribution in [0.4, 0.5) is 14.5 Å². The number of amides is 1. The zero-order valence-electron chi connectivity index (χ0n) is 18.9. The van der Waals surface area contributed by atoms with Crippen molar-refractivity contribution in [2.75, 3.05) is 24.6 Å². The number of imidazole rings is 1. The van der Waals surface area contributed by atoms with Gasteiger partial charge in [0.2, 0.25) is 10.0 Å². The van der Waals surface area contributed by atoms with Gasteiger partial charge in [0.25, 0.3) is 12.3 Å². The normalized spacial score (nSPS) is 22.1. The van der Waals surface area contributed by atoms with Gasteiger partial charge in [0.05, 0.1) is 25.0 Å². The number of anilines is 1. The summed E-state index contributed by atoms with van der Waals surface area (Å²) in [5, 5.41) is 7.09. The minimum absolute atomic E-state index is 0.0433. The number of nitrogens with zero attached hydrogens (tertiary/aromatic N) is 5. The first-order chi connectivity index (χ1) is 16.4.